The average Bonchev–Trinajstić information content (AvgIpc) is 2.98. The Hall–Kier alpha value is 0.540. The van der Waals surface area contributed by atoms with Crippen molar-refractivity contribution in [2.45, 2.75) is 120 Å². The molecule has 1 heterocycles. The minimum atomic E-state index is -4.25. The normalized spacial score (nSPS) is 22.1. The monoisotopic (exact) mass is 571 g/mol. The highest BCUT2D eigenvalue weighted by atomic mass is 32.4. The third-order valence-corrected chi connectivity index (χ3v) is 13.2. The largest absolute Gasteiger partial charge is 0.344 e. The molecular weight excluding hydrogens is 528 g/mol. The van der Waals surface area contributed by atoms with E-state index in [2.05, 4.69) is 6.92 Å². The first kappa shape index (κ1) is 32.6. The van der Waals surface area contributed by atoms with Gasteiger partial charge in [0.05, 0.1) is 0 Å². The predicted octanol–water partition coefficient (Wildman–Crippen LogP) is 6.88. The number of rotatable bonds is 21. The molecule has 0 aromatic rings. The van der Waals surface area contributed by atoms with Gasteiger partial charge in [0.15, 0.2) is 0 Å². The maximum Gasteiger partial charge on any atom is 0.324 e. The zero-order valence-corrected chi connectivity index (χ0v) is 25.4. The van der Waals surface area contributed by atoms with Crippen molar-refractivity contribution in [2.75, 3.05) is 20.8 Å². The van der Waals surface area contributed by atoms with Crippen molar-refractivity contribution in [3.8, 4) is 0 Å². The van der Waals surface area contributed by atoms with Crippen LogP contribution in [0, 0.1) is 0 Å². The Labute approximate surface area is 221 Å². The zero-order valence-electron chi connectivity index (χ0n) is 21.1. The Balaban J connectivity index is 2.28. The fourth-order valence-corrected chi connectivity index (χ4v) is 11.4. The summed E-state index contributed by atoms with van der Waals surface area (Å²) in [5, 5.41) is -2.54. The molecule has 0 aliphatic carbocycles. The third-order valence-electron chi connectivity index (χ3n) is 6.63. The maximum atomic E-state index is 12.9. The summed E-state index contributed by atoms with van der Waals surface area (Å²) in [6, 6.07) is 0. The van der Waals surface area contributed by atoms with E-state index in [0.717, 1.165) is 23.6 Å². The Morgan fingerprint density at radius 1 is 0.735 bits per heavy atom. The van der Waals surface area contributed by atoms with Crippen LogP contribution in [0.4, 0.5) is 0 Å². The Bertz CT molecular complexity index is 724. The highest BCUT2D eigenvalue weighted by Crippen LogP contribution is 2.56. The summed E-state index contributed by atoms with van der Waals surface area (Å²) in [6.07, 6.45) is 19.8. The van der Waals surface area contributed by atoms with Crippen molar-refractivity contribution in [2.24, 2.45) is 0 Å². The number of carbonyl (C=O) groups is 1. The fraction of sp³-hybridized carbons (Fsp3) is 0.957. The molecule has 1 fully saturated rings. The van der Waals surface area contributed by atoms with Crippen LogP contribution in [0.1, 0.15) is 110 Å². The molecule has 1 aliphatic rings. The molecule has 0 N–H and O–H groups in total. The van der Waals surface area contributed by atoms with Crippen molar-refractivity contribution >= 4 is 53.5 Å². The Morgan fingerprint density at radius 3 is 1.41 bits per heavy atom. The number of nitrogens with zero attached hydrogens (tertiary/aromatic N) is 1. The lowest BCUT2D eigenvalue weighted by Gasteiger charge is -2.37. The Kier molecular flexibility index (Phi) is 16.4. The molecule has 0 atom stereocenters. The van der Waals surface area contributed by atoms with Crippen molar-refractivity contribution in [1.82, 2.24) is 4.31 Å². The van der Waals surface area contributed by atoms with E-state index in [-0.39, 0.29) is 21.3 Å². The molecule has 34 heavy (non-hydrogen) atoms. The molecule has 0 amide bonds. The van der Waals surface area contributed by atoms with Crippen LogP contribution in [0.15, 0.2) is 0 Å². The first-order chi connectivity index (χ1) is 16.3. The van der Waals surface area contributed by atoms with Crippen molar-refractivity contribution < 1.29 is 22.7 Å². The van der Waals surface area contributed by atoms with Crippen LogP contribution >= 0.6 is 14.7 Å². The summed E-state index contributed by atoms with van der Waals surface area (Å²) in [4.78, 5) is 12.7. The summed E-state index contributed by atoms with van der Waals surface area (Å²) in [5.41, 5.74) is 0. The highest BCUT2D eigenvalue weighted by Gasteiger charge is 2.74. The Morgan fingerprint density at radius 2 is 1.09 bits per heavy atom. The van der Waals surface area contributed by atoms with Gasteiger partial charge in [-0.25, -0.2) is 8.42 Å². The minimum absolute atomic E-state index is 0.189. The van der Waals surface area contributed by atoms with Gasteiger partial charge in [-0.1, -0.05) is 127 Å². The summed E-state index contributed by atoms with van der Waals surface area (Å²) in [7, 11) is -1.33. The topological polar surface area (TPSA) is 72.9 Å². The van der Waals surface area contributed by atoms with Gasteiger partial charge < -0.3 is 9.47 Å². The molecule has 0 unspecified atom stereocenters. The van der Waals surface area contributed by atoms with Crippen LogP contribution in [-0.2, 0) is 47.9 Å². The lowest BCUT2D eigenvalue weighted by atomic mass is 10.0. The molecule has 6 nitrogen and oxygen atoms in total. The minimum Gasteiger partial charge on any atom is -0.344 e. The predicted molar refractivity (Wildman–Crippen MR) is 148 cm³/mol. The van der Waals surface area contributed by atoms with Crippen LogP contribution < -0.4 is 0 Å². The molecule has 0 saturated carbocycles. The van der Waals surface area contributed by atoms with Gasteiger partial charge >= 0.3 is 5.12 Å². The number of carbonyl (C=O) groups excluding carboxylic acids is 1. The number of hydrogen-bond acceptors (Lipinski definition) is 7. The average molecular weight is 572 g/mol. The van der Waals surface area contributed by atoms with Gasteiger partial charge in [-0.3, -0.25) is 4.79 Å². The molecule has 1 rings (SSSR count). The van der Waals surface area contributed by atoms with Crippen LogP contribution in [0.25, 0.3) is 0 Å². The van der Waals surface area contributed by atoms with Crippen LogP contribution in [0.2, 0.25) is 0 Å². The first-order valence-electron chi connectivity index (χ1n) is 12.7. The second kappa shape index (κ2) is 17.1. The van der Waals surface area contributed by atoms with Crippen LogP contribution in [0.3, 0.4) is 0 Å². The van der Waals surface area contributed by atoms with E-state index in [9.17, 15) is 13.2 Å². The molecule has 0 aromatic carbocycles. The quantitative estimate of drug-likeness (QED) is 0.0845. The summed E-state index contributed by atoms with van der Waals surface area (Å²) in [5.74, 6) is -1.99. The zero-order chi connectivity index (χ0) is 25.5. The number of ether oxygens (including phenoxy) is 2. The van der Waals surface area contributed by atoms with Gasteiger partial charge in [-0.15, -0.1) is 0 Å². The van der Waals surface area contributed by atoms with Crippen molar-refractivity contribution in [1.29, 1.82) is 0 Å². The summed E-state index contributed by atoms with van der Waals surface area (Å²) in [6.45, 7) is 2.45. The SMILES string of the molecule is CCCCCCCCCCCCCCCCCCN1C(P=S)(P=S)C(OC)(OC)C(=O)S1(=O)=O. The second-order valence-corrected chi connectivity index (χ2v) is 13.9. The van der Waals surface area contributed by atoms with Gasteiger partial charge in [0.1, 0.15) is 0 Å². The van der Waals surface area contributed by atoms with E-state index in [1.165, 1.54) is 91.3 Å². The molecule has 0 aromatic heterocycles. The smallest absolute Gasteiger partial charge is 0.324 e. The number of hydrogen-bond donors (Lipinski definition) is 0. The van der Waals surface area contributed by atoms with Crippen LogP contribution in [0.5, 0.6) is 0 Å². The van der Waals surface area contributed by atoms with Gasteiger partial charge in [0.2, 0.25) is 5.02 Å². The molecule has 1 saturated heterocycles. The lowest BCUT2D eigenvalue weighted by Crippen LogP contribution is -2.55. The van der Waals surface area contributed by atoms with E-state index in [4.69, 9.17) is 33.1 Å². The molecule has 1 aliphatic heterocycles. The molecule has 198 valence electrons. The molecule has 0 radical (unpaired) electrons. The van der Waals surface area contributed by atoms with Crippen molar-refractivity contribution in [3.05, 3.63) is 0 Å². The molecule has 0 bridgehead atoms. The highest BCUT2D eigenvalue weighted by molar-refractivity contribution is 8.10. The molecular formula is C23H43NO5P2S3. The van der Waals surface area contributed by atoms with Gasteiger partial charge in [0, 0.05) is 35.5 Å². The third kappa shape index (κ3) is 8.02. The number of sulfonamides is 1. The van der Waals surface area contributed by atoms with Gasteiger partial charge in [-0.2, -0.15) is 4.31 Å². The molecule has 0 spiro atoms. The van der Waals surface area contributed by atoms with Crippen LogP contribution in [-0.4, -0.2) is 49.4 Å². The number of unbranched alkanes of at least 4 members (excludes halogenated alkanes) is 15. The standard InChI is InChI=1S/C23H43NO5P2S3/c1-4-5-6-7-8-9-10-11-12-13-14-15-16-17-18-19-20-24-23(30-32,31-33)22(28-2,29-3)21(25)34(24,26)27/h4-20H2,1-3H3. The van der Waals surface area contributed by atoms with Gasteiger partial charge in [-0.05, 0) is 6.42 Å². The first-order valence-corrected chi connectivity index (χ1v) is 18.0. The van der Waals surface area contributed by atoms with Gasteiger partial charge in [0.25, 0.3) is 15.8 Å². The maximum absolute atomic E-state index is 12.9. The summed E-state index contributed by atoms with van der Waals surface area (Å²) >= 11 is 10.5. The lowest BCUT2D eigenvalue weighted by molar-refractivity contribution is -0.207. The van der Waals surface area contributed by atoms with E-state index in [1.54, 1.807) is 0 Å². The number of methoxy groups -OCH3 is 2. The summed E-state index contributed by atoms with van der Waals surface area (Å²) < 4.78 is 37.5. The van der Waals surface area contributed by atoms with E-state index in [1.807, 2.05) is 0 Å². The van der Waals surface area contributed by atoms with E-state index >= 15 is 0 Å². The van der Waals surface area contributed by atoms with E-state index in [0.29, 0.717) is 6.42 Å². The fourth-order valence-electron chi connectivity index (χ4n) is 4.57. The second-order valence-electron chi connectivity index (χ2n) is 9.01. The van der Waals surface area contributed by atoms with Crippen molar-refractivity contribution in [3.63, 3.8) is 0 Å². The molecule has 11 heteroatoms. The van der Waals surface area contributed by atoms with E-state index < -0.39 is 25.9 Å².